The molecule has 1 aliphatic heterocycles. The van der Waals surface area contributed by atoms with Crippen molar-refractivity contribution in [2.75, 3.05) is 18.1 Å². The van der Waals surface area contributed by atoms with Crippen LogP contribution < -0.4 is 5.32 Å². The van der Waals surface area contributed by atoms with Gasteiger partial charge in [0.25, 0.3) is 0 Å². The summed E-state index contributed by atoms with van der Waals surface area (Å²) >= 11 is 1.30. The minimum absolute atomic E-state index is 0.309. The largest absolute Gasteiger partial charge is 0.465 e. The van der Waals surface area contributed by atoms with Crippen molar-refractivity contribution in [3.63, 3.8) is 0 Å². The smallest absolute Gasteiger partial charge is 0.250 e. The third kappa shape index (κ3) is 3.87. The van der Waals surface area contributed by atoms with Crippen LogP contribution in [0.2, 0.25) is 0 Å². The van der Waals surface area contributed by atoms with Crippen LogP contribution in [-0.4, -0.2) is 36.4 Å². The van der Waals surface area contributed by atoms with Crippen LogP contribution in [0.15, 0.2) is 28.9 Å². The van der Waals surface area contributed by atoms with Crippen LogP contribution >= 0.6 is 11.3 Å². The Bertz CT molecular complexity index is 838. The van der Waals surface area contributed by atoms with Crippen molar-refractivity contribution in [2.24, 2.45) is 0 Å². The lowest BCUT2D eigenvalue weighted by molar-refractivity contribution is -0.111. The lowest BCUT2D eigenvalue weighted by Gasteiger charge is -2.23. The number of nitrogens with one attached hydrogen (secondary N) is 1. The lowest BCUT2D eigenvalue weighted by atomic mass is 10.2. The molecule has 0 aliphatic carbocycles. The van der Waals surface area contributed by atoms with E-state index in [-0.39, 0.29) is 5.91 Å². The fourth-order valence-corrected chi connectivity index (χ4v) is 4.09. The molecule has 1 amide bonds. The van der Waals surface area contributed by atoms with E-state index in [0.29, 0.717) is 30.4 Å². The van der Waals surface area contributed by atoms with E-state index in [1.54, 1.807) is 18.2 Å². The molecule has 0 aromatic carbocycles. The molecule has 0 atom stereocenters. The Morgan fingerprint density at radius 2 is 2.35 bits per heavy atom. The summed E-state index contributed by atoms with van der Waals surface area (Å²) in [4.78, 5) is 17.1. The zero-order valence-corrected chi connectivity index (χ0v) is 14.0. The van der Waals surface area contributed by atoms with Crippen LogP contribution in [0.5, 0.6) is 0 Å². The number of carbonyl (C=O) groups excluding carboxylic acids is 1. The highest BCUT2D eigenvalue weighted by Gasteiger charge is 2.26. The van der Waals surface area contributed by atoms with Gasteiger partial charge in [-0.05, 0) is 18.2 Å². The molecule has 3 rings (SSSR count). The number of carbonyl (C=O) groups is 1. The zero-order chi connectivity index (χ0) is 16.4. The molecule has 0 unspecified atom stereocenters. The summed E-state index contributed by atoms with van der Waals surface area (Å²) in [5, 5.41) is 3.16. The number of fused-ring (bicyclic) bond motifs is 1. The number of hydrogen-bond donors (Lipinski definition) is 1. The van der Waals surface area contributed by atoms with Crippen molar-refractivity contribution < 1.29 is 17.6 Å². The molecule has 0 saturated carbocycles. The molecule has 0 radical (unpaired) electrons. The summed E-state index contributed by atoms with van der Waals surface area (Å²) in [5.74, 6) is 0.273. The summed E-state index contributed by atoms with van der Waals surface area (Å²) in [6.07, 6.45) is 6.20. The maximum atomic E-state index is 11.9. The van der Waals surface area contributed by atoms with E-state index in [1.165, 1.54) is 34.2 Å². The average Bonchev–Trinajstić information content (AvgIpc) is 3.12. The van der Waals surface area contributed by atoms with Gasteiger partial charge >= 0.3 is 0 Å². The highest BCUT2D eigenvalue weighted by molar-refractivity contribution is 7.88. The van der Waals surface area contributed by atoms with Crippen LogP contribution in [0.3, 0.4) is 0 Å². The van der Waals surface area contributed by atoms with E-state index in [4.69, 9.17) is 4.42 Å². The van der Waals surface area contributed by atoms with Gasteiger partial charge in [-0.15, -0.1) is 11.3 Å². The second kappa shape index (κ2) is 6.26. The van der Waals surface area contributed by atoms with Crippen molar-refractivity contribution in [1.82, 2.24) is 9.29 Å². The quantitative estimate of drug-likeness (QED) is 0.845. The van der Waals surface area contributed by atoms with Crippen LogP contribution in [0.1, 0.15) is 16.3 Å². The van der Waals surface area contributed by atoms with Crippen LogP contribution in [-0.2, 0) is 27.8 Å². The first-order valence-electron chi connectivity index (χ1n) is 6.88. The van der Waals surface area contributed by atoms with Crippen LogP contribution in [0.25, 0.3) is 6.08 Å². The van der Waals surface area contributed by atoms with Gasteiger partial charge in [0.05, 0.1) is 18.2 Å². The van der Waals surface area contributed by atoms with Gasteiger partial charge in [-0.2, -0.15) is 4.31 Å². The SMILES string of the molecule is CS(=O)(=O)N1CCc2nc(NC(=O)/C=C/c3ccco3)sc2C1. The number of thiazole rings is 1. The van der Waals surface area contributed by atoms with Gasteiger partial charge in [0, 0.05) is 30.5 Å². The first-order valence-corrected chi connectivity index (χ1v) is 9.54. The number of furan rings is 1. The zero-order valence-electron chi connectivity index (χ0n) is 12.4. The molecule has 1 N–H and O–H groups in total. The second-order valence-electron chi connectivity index (χ2n) is 5.07. The molecule has 23 heavy (non-hydrogen) atoms. The molecule has 0 fully saturated rings. The number of nitrogens with zero attached hydrogens (tertiary/aromatic N) is 2. The van der Waals surface area contributed by atoms with Crippen molar-refractivity contribution in [3.05, 3.63) is 40.8 Å². The highest BCUT2D eigenvalue weighted by atomic mass is 32.2. The van der Waals surface area contributed by atoms with Gasteiger partial charge in [0.1, 0.15) is 5.76 Å². The van der Waals surface area contributed by atoms with Crippen molar-refractivity contribution in [3.8, 4) is 0 Å². The number of hydrogen-bond acceptors (Lipinski definition) is 6. The standard InChI is InChI=1S/C14H15N3O4S2/c1-23(19,20)17-7-6-11-12(9-17)22-14(15-11)16-13(18)5-4-10-3-2-8-21-10/h2-5,8H,6-7,9H2,1H3,(H,15,16,18)/b5-4+. The first kappa shape index (κ1) is 15.9. The number of rotatable bonds is 4. The van der Waals surface area contributed by atoms with Gasteiger partial charge in [-0.3, -0.25) is 10.1 Å². The van der Waals surface area contributed by atoms with Gasteiger partial charge in [-0.1, -0.05) is 0 Å². The third-order valence-electron chi connectivity index (χ3n) is 3.34. The molecule has 0 saturated heterocycles. The summed E-state index contributed by atoms with van der Waals surface area (Å²) in [6.45, 7) is 0.727. The Kier molecular flexibility index (Phi) is 4.33. The number of sulfonamides is 1. The second-order valence-corrected chi connectivity index (χ2v) is 8.14. The Morgan fingerprint density at radius 3 is 3.04 bits per heavy atom. The molecule has 3 heterocycles. The maximum Gasteiger partial charge on any atom is 0.250 e. The van der Waals surface area contributed by atoms with Gasteiger partial charge in [0.15, 0.2) is 5.13 Å². The van der Waals surface area contributed by atoms with E-state index in [1.807, 2.05) is 0 Å². The maximum absolute atomic E-state index is 11.9. The van der Waals surface area contributed by atoms with Gasteiger partial charge in [-0.25, -0.2) is 13.4 Å². The molecule has 9 heteroatoms. The predicted molar refractivity (Wildman–Crippen MR) is 87.4 cm³/mol. The van der Waals surface area contributed by atoms with Crippen molar-refractivity contribution in [1.29, 1.82) is 0 Å². The Morgan fingerprint density at radius 1 is 1.52 bits per heavy atom. The monoisotopic (exact) mass is 353 g/mol. The minimum Gasteiger partial charge on any atom is -0.465 e. The minimum atomic E-state index is -3.21. The van der Waals surface area contributed by atoms with Crippen molar-refractivity contribution >= 4 is 38.5 Å². The van der Waals surface area contributed by atoms with Crippen LogP contribution in [0, 0.1) is 0 Å². The molecule has 2 aromatic heterocycles. The van der Waals surface area contributed by atoms with Gasteiger partial charge in [0.2, 0.25) is 15.9 Å². The summed E-state index contributed by atoms with van der Waals surface area (Å²) in [7, 11) is -3.21. The fourth-order valence-electron chi connectivity index (χ4n) is 2.20. The Labute approximate surface area is 137 Å². The van der Waals surface area contributed by atoms with Crippen molar-refractivity contribution in [2.45, 2.75) is 13.0 Å². The molecule has 0 spiro atoms. The van der Waals surface area contributed by atoms with E-state index < -0.39 is 10.0 Å². The fraction of sp³-hybridized carbons (Fsp3) is 0.286. The van der Waals surface area contributed by atoms with E-state index in [9.17, 15) is 13.2 Å². The molecular weight excluding hydrogens is 338 g/mol. The molecule has 2 aromatic rings. The normalized spacial score (nSPS) is 15.7. The number of aromatic nitrogens is 1. The Hall–Kier alpha value is -1.97. The van der Waals surface area contributed by atoms with E-state index >= 15 is 0 Å². The molecule has 1 aliphatic rings. The topological polar surface area (TPSA) is 92.5 Å². The summed E-state index contributed by atoms with van der Waals surface area (Å²) in [5.41, 5.74) is 0.847. The third-order valence-corrected chi connectivity index (χ3v) is 5.59. The van der Waals surface area contributed by atoms with Crippen LogP contribution in [0.4, 0.5) is 5.13 Å². The number of amides is 1. The van der Waals surface area contributed by atoms with E-state index in [0.717, 1.165) is 10.6 Å². The predicted octanol–water partition coefficient (Wildman–Crippen LogP) is 1.71. The van der Waals surface area contributed by atoms with E-state index in [2.05, 4.69) is 10.3 Å². The summed E-state index contributed by atoms with van der Waals surface area (Å²) < 4.78 is 29.7. The first-order chi connectivity index (χ1) is 10.9. The molecule has 122 valence electrons. The highest BCUT2D eigenvalue weighted by Crippen LogP contribution is 2.29. The summed E-state index contributed by atoms with van der Waals surface area (Å²) in [6, 6.07) is 3.48. The molecular formula is C14H15N3O4S2. The number of anilines is 1. The molecule has 7 nitrogen and oxygen atoms in total. The Balaban J connectivity index is 1.67. The lowest BCUT2D eigenvalue weighted by Crippen LogP contribution is -2.34. The average molecular weight is 353 g/mol. The molecule has 0 bridgehead atoms. The van der Waals surface area contributed by atoms with Gasteiger partial charge < -0.3 is 4.42 Å².